The molecule has 0 aliphatic heterocycles. The Morgan fingerprint density at radius 1 is 0.714 bits per heavy atom. The second-order valence-corrected chi connectivity index (χ2v) is 9.19. The third kappa shape index (κ3) is 4.25. The molecule has 0 N–H and O–H groups in total. The van der Waals surface area contributed by atoms with Gasteiger partial charge >= 0.3 is 0 Å². The van der Waals surface area contributed by atoms with Crippen molar-refractivity contribution >= 4 is 67.5 Å². The summed E-state index contributed by atoms with van der Waals surface area (Å²) in [6, 6.07) is 16.2. The number of para-hydroxylation sites is 2. The standard InChI is InChI=1S/C20H16N2O2S4/c25-19-21(15-7-1-3-9-17(15)27-19)13-23-11-5-6-12-24-14-22-16-8-2-4-10-18(16)28-20(22)26/h1-4,7-10H,11-14H2. The predicted molar refractivity (Wildman–Crippen MR) is 121 cm³/mol. The van der Waals surface area contributed by atoms with E-state index in [1.54, 1.807) is 22.7 Å². The molecule has 142 valence electrons. The van der Waals surface area contributed by atoms with Gasteiger partial charge in [-0.1, -0.05) is 36.1 Å². The Hall–Kier alpha value is -1.86. The minimum absolute atomic E-state index is 0.329. The Morgan fingerprint density at radius 2 is 1.14 bits per heavy atom. The third-order valence-corrected chi connectivity index (χ3v) is 6.92. The summed E-state index contributed by atoms with van der Waals surface area (Å²) in [5, 5.41) is 0. The van der Waals surface area contributed by atoms with Gasteiger partial charge in [0.25, 0.3) is 0 Å². The van der Waals surface area contributed by atoms with Gasteiger partial charge in [0.1, 0.15) is 26.7 Å². The van der Waals surface area contributed by atoms with Crippen molar-refractivity contribution < 1.29 is 9.47 Å². The van der Waals surface area contributed by atoms with Crippen LogP contribution in [0.5, 0.6) is 0 Å². The molecule has 0 unspecified atom stereocenters. The van der Waals surface area contributed by atoms with Crippen molar-refractivity contribution in [2.24, 2.45) is 0 Å². The maximum Gasteiger partial charge on any atom is 0.164 e. The molecule has 0 aliphatic carbocycles. The summed E-state index contributed by atoms with van der Waals surface area (Å²) in [5.41, 5.74) is 2.18. The maximum atomic E-state index is 5.65. The fourth-order valence-corrected chi connectivity index (χ4v) is 5.35. The summed E-state index contributed by atoms with van der Waals surface area (Å²) in [7, 11) is 0. The highest BCUT2D eigenvalue weighted by molar-refractivity contribution is 7.74. The molecule has 8 heteroatoms. The number of benzene rings is 2. The maximum absolute atomic E-state index is 5.65. The van der Waals surface area contributed by atoms with E-state index < -0.39 is 0 Å². The molecule has 0 spiro atoms. The van der Waals surface area contributed by atoms with E-state index in [-0.39, 0.29) is 0 Å². The monoisotopic (exact) mass is 444 g/mol. The summed E-state index contributed by atoms with van der Waals surface area (Å²) in [6.45, 7) is 1.45. The molecule has 0 radical (unpaired) electrons. The molecule has 0 aliphatic rings. The molecule has 0 saturated carbocycles. The van der Waals surface area contributed by atoms with Crippen LogP contribution in [0.15, 0.2) is 48.5 Å². The van der Waals surface area contributed by atoms with Crippen molar-refractivity contribution in [3.63, 3.8) is 0 Å². The highest BCUT2D eigenvalue weighted by Crippen LogP contribution is 2.23. The summed E-state index contributed by atoms with van der Waals surface area (Å²) in [4.78, 5) is 0. The fraction of sp³-hybridized carbons (Fsp3) is 0.200. The molecule has 0 amide bonds. The van der Waals surface area contributed by atoms with Crippen LogP contribution >= 0.6 is 47.1 Å². The highest BCUT2D eigenvalue weighted by Gasteiger charge is 2.04. The van der Waals surface area contributed by atoms with Crippen molar-refractivity contribution in [2.75, 3.05) is 13.2 Å². The van der Waals surface area contributed by atoms with Crippen LogP contribution in [0.4, 0.5) is 0 Å². The zero-order valence-electron chi connectivity index (χ0n) is 14.8. The largest absolute Gasteiger partial charge is 0.348 e. The smallest absolute Gasteiger partial charge is 0.164 e. The van der Waals surface area contributed by atoms with Crippen molar-refractivity contribution in [3.05, 3.63) is 56.4 Å². The van der Waals surface area contributed by atoms with E-state index in [4.69, 9.17) is 33.9 Å². The molecule has 0 bridgehead atoms. The second-order valence-electron chi connectivity index (χ2n) is 5.84. The van der Waals surface area contributed by atoms with Crippen LogP contribution < -0.4 is 0 Å². The van der Waals surface area contributed by atoms with Crippen LogP contribution in [0.1, 0.15) is 0 Å². The number of fused-ring (bicyclic) bond motifs is 2. The van der Waals surface area contributed by atoms with Crippen molar-refractivity contribution in [1.29, 1.82) is 0 Å². The highest BCUT2D eigenvalue weighted by atomic mass is 32.2. The van der Waals surface area contributed by atoms with Crippen LogP contribution in [-0.2, 0) is 22.9 Å². The molecule has 4 rings (SSSR count). The average Bonchev–Trinajstić information content (AvgIpc) is 3.19. The lowest BCUT2D eigenvalue weighted by Gasteiger charge is -2.04. The molecule has 2 aromatic heterocycles. The van der Waals surface area contributed by atoms with Crippen LogP contribution in [0.3, 0.4) is 0 Å². The van der Waals surface area contributed by atoms with Gasteiger partial charge in [-0.3, -0.25) is 9.13 Å². The fourth-order valence-electron chi connectivity index (χ4n) is 2.75. The Labute approximate surface area is 180 Å². The Bertz CT molecular complexity index is 1190. The molecule has 4 aromatic rings. The van der Waals surface area contributed by atoms with Crippen molar-refractivity contribution in [3.8, 4) is 11.8 Å². The number of nitrogens with zero attached hydrogens (tertiary/aromatic N) is 2. The first-order valence-corrected chi connectivity index (χ1v) is 11.0. The van der Waals surface area contributed by atoms with Gasteiger partial charge < -0.3 is 9.47 Å². The van der Waals surface area contributed by atoms with Crippen LogP contribution in [0.25, 0.3) is 20.4 Å². The quantitative estimate of drug-likeness (QED) is 0.212. The van der Waals surface area contributed by atoms with Crippen molar-refractivity contribution in [1.82, 2.24) is 9.13 Å². The van der Waals surface area contributed by atoms with E-state index in [9.17, 15) is 0 Å². The summed E-state index contributed by atoms with van der Waals surface area (Å²) in [6.07, 6.45) is 0. The minimum Gasteiger partial charge on any atom is -0.348 e. The molecule has 28 heavy (non-hydrogen) atoms. The molecule has 2 aromatic carbocycles. The number of ether oxygens (including phenoxy) is 2. The zero-order valence-corrected chi connectivity index (χ0v) is 18.1. The van der Waals surface area contributed by atoms with E-state index in [1.165, 1.54) is 0 Å². The van der Waals surface area contributed by atoms with Gasteiger partial charge in [-0.25, -0.2) is 0 Å². The lowest BCUT2D eigenvalue weighted by Crippen LogP contribution is -2.03. The number of hydrogen-bond donors (Lipinski definition) is 0. The van der Waals surface area contributed by atoms with Gasteiger partial charge in [-0.15, -0.1) is 22.7 Å². The topological polar surface area (TPSA) is 28.3 Å². The summed E-state index contributed by atoms with van der Waals surface area (Å²) in [5.74, 6) is 5.95. The zero-order chi connectivity index (χ0) is 19.3. The summed E-state index contributed by atoms with van der Waals surface area (Å²) >= 11 is 14.0. The van der Waals surface area contributed by atoms with Gasteiger partial charge in [0.15, 0.2) is 7.91 Å². The first-order chi connectivity index (χ1) is 13.7. The molecule has 2 heterocycles. The minimum atomic E-state index is 0.329. The SMILES string of the molecule is S=c1sc2ccccc2n1COCC#CCOCn1c(=S)sc2ccccc21. The Morgan fingerprint density at radius 3 is 1.61 bits per heavy atom. The first-order valence-electron chi connectivity index (χ1n) is 8.52. The van der Waals surface area contributed by atoms with Crippen LogP contribution in [0.2, 0.25) is 0 Å². The normalized spacial score (nSPS) is 11.0. The molecule has 4 nitrogen and oxygen atoms in total. The lowest BCUT2D eigenvalue weighted by atomic mass is 10.3. The summed E-state index contributed by atoms with van der Waals surface area (Å²) < 4.78 is 19.2. The van der Waals surface area contributed by atoms with Gasteiger partial charge in [-0.05, 0) is 48.7 Å². The van der Waals surface area contributed by atoms with E-state index in [0.717, 1.165) is 28.3 Å². The Balaban J connectivity index is 1.26. The van der Waals surface area contributed by atoms with E-state index in [1.807, 2.05) is 45.5 Å². The van der Waals surface area contributed by atoms with E-state index in [2.05, 4.69) is 24.0 Å². The van der Waals surface area contributed by atoms with Crippen LogP contribution in [-0.4, -0.2) is 22.3 Å². The second kappa shape index (κ2) is 9.09. The van der Waals surface area contributed by atoms with Gasteiger partial charge in [0.05, 0.1) is 20.4 Å². The molecule has 0 atom stereocenters. The Kier molecular flexibility index (Phi) is 6.32. The number of thiazole rings is 2. The van der Waals surface area contributed by atoms with Crippen LogP contribution in [0, 0.1) is 19.7 Å². The molecule has 0 saturated heterocycles. The third-order valence-electron chi connectivity index (χ3n) is 4.06. The molecular weight excluding hydrogens is 429 g/mol. The molecular formula is C20H16N2O2S4. The number of rotatable bonds is 6. The average molecular weight is 445 g/mol. The van der Waals surface area contributed by atoms with Gasteiger partial charge in [-0.2, -0.15) is 0 Å². The van der Waals surface area contributed by atoms with Crippen molar-refractivity contribution in [2.45, 2.75) is 13.5 Å². The van der Waals surface area contributed by atoms with Gasteiger partial charge in [0.2, 0.25) is 0 Å². The van der Waals surface area contributed by atoms with E-state index in [0.29, 0.717) is 26.7 Å². The number of aromatic nitrogens is 2. The van der Waals surface area contributed by atoms with E-state index >= 15 is 0 Å². The van der Waals surface area contributed by atoms with Gasteiger partial charge in [0, 0.05) is 0 Å². The molecule has 0 fully saturated rings. The lowest BCUT2D eigenvalue weighted by molar-refractivity contribution is 0.102. The first kappa shape index (κ1) is 19.5. The number of hydrogen-bond acceptors (Lipinski definition) is 6. The predicted octanol–water partition coefficient (Wildman–Crippen LogP) is 5.83.